The first kappa shape index (κ1) is 8.54. The zero-order valence-corrected chi connectivity index (χ0v) is 7.32. The molecule has 0 nitrogen and oxygen atoms in total. The van der Waals surface area contributed by atoms with E-state index in [0.29, 0.717) is 10.6 Å². The van der Waals surface area contributed by atoms with E-state index in [4.69, 9.17) is 11.6 Å². The molecular formula is C9H10ClF. The van der Waals surface area contributed by atoms with Crippen LogP contribution in [-0.2, 0) is 5.67 Å². The highest BCUT2D eigenvalue weighted by Gasteiger charge is 2.20. The van der Waals surface area contributed by atoms with Crippen LogP contribution in [0.5, 0.6) is 0 Å². The maximum Gasteiger partial charge on any atom is 0.131 e. The van der Waals surface area contributed by atoms with Crippen molar-refractivity contribution in [3.8, 4) is 0 Å². The zero-order chi connectivity index (χ0) is 8.48. The molecule has 0 heterocycles. The van der Waals surface area contributed by atoms with E-state index < -0.39 is 5.67 Å². The molecule has 0 saturated heterocycles. The van der Waals surface area contributed by atoms with E-state index in [1.807, 2.05) is 0 Å². The van der Waals surface area contributed by atoms with Crippen molar-refractivity contribution in [1.82, 2.24) is 0 Å². The maximum atomic E-state index is 13.3. The summed E-state index contributed by atoms with van der Waals surface area (Å²) in [5, 5.41) is 0.486. The summed E-state index contributed by atoms with van der Waals surface area (Å²) in [5.41, 5.74) is -0.806. The van der Waals surface area contributed by atoms with Crippen molar-refractivity contribution >= 4 is 11.6 Å². The smallest absolute Gasteiger partial charge is 0.131 e. The molecule has 0 N–H and O–H groups in total. The summed E-state index contributed by atoms with van der Waals surface area (Å²) in [4.78, 5) is 0. The van der Waals surface area contributed by atoms with Crippen molar-refractivity contribution in [3.63, 3.8) is 0 Å². The van der Waals surface area contributed by atoms with Gasteiger partial charge in [-0.1, -0.05) is 29.8 Å². The van der Waals surface area contributed by atoms with Gasteiger partial charge in [-0.15, -0.1) is 0 Å². The first-order chi connectivity index (χ1) is 5.02. The standard InChI is InChI=1S/C9H10ClF/c1-9(2,11)7-5-3-4-6-8(7)10/h3-6H,1-2H3. The monoisotopic (exact) mass is 172 g/mol. The lowest BCUT2D eigenvalue weighted by Gasteiger charge is -2.15. The Morgan fingerprint density at radius 3 is 2.18 bits per heavy atom. The Morgan fingerprint density at radius 1 is 1.27 bits per heavy atom. The minimum absolute atomic E-state index is 0.486. The van der Waals surface area contributed by atoms with Crippen molar-refractivity contribution in [2.45, 2.75) is 19.5 Å². The molecule has 0 aliphatic heterocycles. The normalized spacial score (nSPS) is 11.6. The summed E-state index contributed by atoms with van der Waals surface area (Å²) in [6.07, 6.45) is 0. The van der Waals surface area contributed by atoms with Gasteiger partial charge in [0, 0.05) is 10.6 Å². The minimum atomic E-state index is -1.35. The number of benzene rings is 1. The Hall–Kier alpha value is -0.560. The second kappa shape index (κ2) is 2.82. The van der Waals surface area contributed by atoms with Crippen LogP contribution in [0.25, 0.3) is 0 Å². The Morgan fingerprint density at radius 2 is 1.82 bits per heavy atom. The average Bonchev–Trinajstić information content (AvgIpc) is 1.86. The molecule has 0 aliphatic carbocycles. The first-order valence-electron chi connectivity index (χ1n) is 3.46. The lowest BCUT2D eigenvalue weighted by atomic mass is 10.0. The van der Waals surface area contributed by atoms with Gasteiger partial charge in [0.05, 0.1) is 0 Å². The zero-order valence-electron chi connectivity index (χ0n) is 6.57. The molecule has 0 amide bonds. The third-order valence-corrected chi connectivity index (χ3v) is 1.84. The second-order valence-corrected chi connectivity index (χ2v) is 3.36. The average molecular weight is 173 g/mol. The molecule has 0 atom stereocenters. The molecule has 0 bridgehead atoms. The molecule has 1 rings (SSSR count). The van der Waals surface area contributed by atoms with Crippen LogP contribution < -0.4 is 0 Å². The molecule has 1 aromatic rings. The summed E-state index contributed by atoms with van der Waals surface area (Å²) in [6.45, 7) is 2.99. The molecule has 11 heavy (non-hydrogen) atoms. The van der Waals surface area contributed by atoms with Gasteiger partial charge in [0.1, 0.15) is 5.67 Å². The Kier molecular flexibility index (Phi) is 2.19. The predicted octanol–water partition coefficient (Wildman–Crippen LogP) is 3.54. The Labute approximate surface area is 71.0 Å². The van der Waals surface area contributed by atoms with E-state index >= 15 is 0 Å². The van der Waals surface area contributed by atoms with Crippen molar-refractivity contribution in [1.29, 1.82) is 0 Å². The summed E-state index contributed by atoms with van der Waals surface area (Å²) < 4.78 is 13.3. The quantitative estimate of drug-likeness (QED) is 0.608. The van der Waals surface area contributed by atoms with Gasteiger partial charge in [-0.3, -0.25) is 0 Å². The fourth-order valence-corrected chi connectivity index (χ4v) is 1.30. The summed E-state index contributed by atoms with van der Waals surface area (Å²) >= 11 is 5.77. The minimum Gasteiger partial charge on any atom is -0.239 e. The Bertz CT molecular complexity index is 250. The number of rotatable bonds is 1. The molecule has 0 aromatic heterocycles. The van der Waals surface area contributed by atoms with Crippen LogP contribution in [0.4, 0.5) is 4.39 Å². The molecule has 0 spiro atoms. The van der Waals surface area contributed by atoms with E-state index in [9.17, 15) is 4.39 Å². The van der Waals surface area contributed by atoms with E-state index in [1.165, 1.54) is 13.8 Å². The van der Waals surface area contributed by atoms with E-state index in [1.54, 1.807) is 24.3 Å². The molecule has 0 saturated carbocycles. The van der Waals surface area contributed by atoms with Gasteiger partial charge < -0.3 is 0 Å². The molecule has 1 aromatic carbocycles. The SMILES string of the molecule is CC(C)(F)c1ccccc1Cl. The molecular weight excluding hydrogens is 163 g/mol. The van der Waals surface area contributed by atoms with Crippen molar-refractivity contribution in [2.24, 2.45) is 0 Å². The van der Waals surface area contributed by atoms with Crippen molar-refractivity contribution in [3.05, 3.63) is 34.9 Å². The molecule has 60 valence electrons. The largest absolute Gasteiger partial charge is 0.239 e. The van der Waals surface area contributed by atoms with Crippen LogP contribution in [0.2, 0.25) is 5.02 Å². The van der Waals surface area contributed by atoms with Crippen LogP contribution in [0, 0.1) is 0 Å². The second-order valence-electron chi connectivity index (χ2n) is 2.95. The van der Waals surface area contributed by atoms with Gasteiger partial charge in [0.25, 0.3) is 0 Å². The summed E-state index contributed by atoms with van der Waals surface area (Å²) in [6, 6.07) is 6.96. The first-order valence-corrected chi connectivity index (χ1v) is 3.83. The summed E-state index contributed by atoms with van der Waals surface area (Å²) in [7, 11) is 0. The van der Waals surface area contributed by atoms with Crippen LogP contribution in [0.15, 0.2) is 24.3 Å². The number of alkyl halides is 1. The maximum absolute atomic E-state index is 13.3. The van der Waals surface area contributed by atoms with Crippen LogP contribution in [0.3, 0.4) is 0 Å². The number of halogens is 2. The molecule has 0 unspecified atom stereocenters. The highest BCUT2D eigenvalue weighted by molar-refractivity contribution is 6.31. The van der Waals surface area contributed by atoms with Crippen molar-refractivity contribution < 1.29 is 4.39 Å². The molecule has 0 radical (unpaired) electrons. The summed E-state index contributed by atoms with van der Waals surface area (Å²) in [5.74, 6) is 0. The Balaban J connectivity index is 3.14. The molecule has 2 heteroatoms. The van der Waals surface area contributed by atoms with Crippen LogP contribution in [-0.4, -0.2) is 0 Å². The predicted molar refractivity (Wildman–Crippen MR) is 45.6 cm³/mol. The third-order valence-electron chi connectivity index (χ3n) is 1.51. The van der Waals surface area contributed by atoms with Crippen LogP contribution in [0.1, 0.15) is 19.4 Å². The highest BCUT2D eigenvalue weighted by atomic mass is 35.5. The van der Waals surface area contributed by atoms with Gasteiger partial charge in [-0.05, 0) is 19.9 Å². The number of hydrogen-bond acceptors (Lipinski definition) is 0. The van der Waals surface area contributed by atoms with E-state index in [0.717, 1.165) is 0 Å². The molecule has 0 aliphatic rings. The van der Waals surface area contributed by atoms with E-state index in [-0.39, 0.29) is 0 Å². The lowest BCUT2D eigenvalue weighted by molar-refractivity contribution is 0.221. The number of hydrogen-bond donors (Lipinski definition) is 0. The van der Waals surface area contributed by atoms with Gasteiger partial charge in [-0.2, -0.15) is 0 Å². The topological polar surface area (TPSA) is 0 Å². The third kappa shape index (κ3) is 1.93. The fourth-order valence-electron chi connectivity index (χ4n) is 0.943. The van der Waals surface area contributed by atoms with Gasteiger partial charge in [-0.25, -0.2) is 4.39 Å². The fraction of sp³-hybridized carbons (Fsp3) is 0.333. The van der Waals surface area contributed by atoms with Gasteiger partial charge >= 0.3 is 0 Å². The van der Waals surface area contributed by atoms with E-state index in [2.05, 4.69) is 0 Å². The van der Waals surface area contributed by atoms with Gasteiger partial charge in [0.15, 0.2) is 0 Å². The highest BCUT2D eigenvalue weighted by Crippen LogP contribution is 2.30. The van der Waals surface area contributed by atoms with Crippen LogP contribution >= 0.6 is 11.6 Å². The molecule has 0 fully saturated rings. The van der Waals surface area contributed by atoms with Gasteiger partial charge in [0.2, 0.25) is 0 Å². The van der Waals surface area contributed by atoms with Crippen molar-refractivity contribution in [2.75, 3.05) is 0 Å². The lowest BCUT2D eigenvalue weighted by Crippen LogP contribution is -2.09.